The molecule has 0 saturated heterocycles. The number of pyridine rings is 1. The highest BCUT2D eigenvalue weighted by atomic mass is 79.9. The van der Waals surface area contributed by atoms with Gasteiger partial charge in [-0.25, -0.2) is 9.78 Å². The number of halogens is 2. The maximum atomic E-state index is 11.7. The van der Waals surface area contributed by atoms with Gasteiger partial charge in [0.05, 0.1) is 11.6 Å². The second-order valence-electron chi connectivity index (χ2n) is 3.05. The number of rotatable bonds is 2. The molecular weight excluding hydrogens is 295 g/mol. The number of carbonyl (C=O) groups is 1. The number of nitrogens with zero attached hydrogens (tertiary/aromatic N) is 1. The fraction of sp³-hybridized carbons (Fsp3) is 0.200. The van der Waals surface area contributed by atoms with E-state index in [1.54, 1.807) is 19.2 Å². The Morgan fingerprint density at radius 2 is 2.44 bits per heavy atom. The molecule has 0 aliphatic rings. The predicted octanol–water partition coefficient (Wildman–Crippen LogP) is 3.16. The van der Waals surface area contributed by atoms with E-state index in [1.807, 2.05) is 0 Å². The van der Waals surface area contributed by atoms with Crippen molar-refractivity contribution in [1.82, 2.24) is 9.97 Å². The SMILES string of the molecule is CCOC(=O)c1c(Br)nc2[nH]ccc2c1Cl. The number of aromatic nitrogens is 2. The lowest BCUT2D eigenvalue weighted by molar-refractivity contribution is 0.0525. The number of aromatic amines is 1. The quantitative estimate of drug-likeness (QED) is 0.685. The van der Waals surface area contributed by atoms with Crippen molar-refractivity contribution >= 4 is 44.5 Å². The minimum atomic E-state index is -0.477. The molecule has 2 heterocycles. The molecule has 0 bridgehead atoms. The highest BCUT2D eigenvalue weighted by Crippen LogP contribution is 2.30. The summed E-state index contributed by atoms with van der Waals surface area (Å²) in [5.74, 6) is -0.477. The number of nitrogens with one attached hydrogen (secondary N) is 1. The number of ether oxygens (including phenoxy) is 1. The summed E-state index contributed by atoms with van der Waals surface area (Å²) in [5, 5.41) is 1.05. The van der Waals surface area contributed by atoms with Crippen LogP contribution in [0.4, 0.5) is 0 Å². The van der Waals surface area contributed by atoms with Gasteiger partial charge in [0, 0.05) is 11.6 Å². The van der Waals surface area contributed by atoms with Crippen molar-refractivity contribution in [3.05, 3.63) is 27.5 Å². The lowest BCUT2D eigenvalue weighted by Crippen LogP contribution is -2.07. The Kier molecular flexibility index (Phi) is 3.16. The minimum Gasteiger partial charge on any atom is -0.462 e. The topological polar surface area (TPSA) is 55.0 Å². The molecule has 0 aliphatic carbocycles. The zero-order valence-electron chi connectivity index (χ0n) is 8.38. The van der Waals surface area contributed by atoms with Gasteiger partial charge in [0.1, 0.15) is 15.8 Å². The van der Waals surface area contributed by atoms with Crippen LogP contribution in [0, 0.1) is 0 Å². The van der Waals surface area contributed by atoms with E-state index >= 15 is 0 Å². The molecule has 1 N–H and O–H groups in total. The van der Waals surface area contributed by atoms with Crippen LogP contribution in [0.1, 0.15) is 17.3 Å². The summed E-state index contributed by atoms with van der Waals surface area (Å²) in [6.45, 7) is 2.04. The van der Waals surface area contributed by atoms with Gasteiger partial charge in [-0.3, -0.25) is 0 Å². The Balaban J connectivity index is 2.63. The smallest absolute Gasteiger partial charge is 0.342 e. The first kappa shape index (κ1) is 11.4. The lowest BCUT2D eigenvalue weighted by atomic mass is 10.2. The molecular formula is C10H8BrClN2O2. The highest BCUT2D eigenvalue weighted by Gasteiger charge is 2.20. The van der Waals surface area contributed by atoms with Crippen LogP contribution in [0.25, 0.3) is 11.0 Å². The number of hydrogen-bond acceptors (Lipinski definition) is 3. The maximum Gasteiger partial charge on any atom is 0.342 e. The van der Waals surface area contributed by atoms with Crippen molar-refractivity contribution in [1.29, 1.82) is 0 Å². The monoisotopic (exact) mass is 302 g/mol. The average molecular weight is 304 g/mol. The molecule has 2 aromatic rings. The van der Waals surface area contributed by atoms with Crippen molar-refractivity contribution in [3.8, 4) is 0 Å². The molecule has 0 atom stereocenters. The average Bonchev–Trinajstić information content (AvgIpc) is 2.66. The zero-order chi connectivity index (χ0) is 11.7. The summed E-state index contributed by atoms with van der Waals surface area (Å²) >= 11 is 9.34. The van der Waals surface area contributed by atoms with Gasteiger partial charge < -0.3 is 9.72 Å². The largest absolute Gasteiger partial charge is 0.462 e. The molecule has 6 heteroatoms. The van der Waals surface area contributed by atoms with E-state index < -0.39 is 5.97 Å². The molecule has 16 heavy (non-hydrogen) atoms. The van der Waals surface area contributed by atoms with Gasteiger partial charge in [0.2, 0.25) is 0 Å². The Labute approximate surface area is 105 Å². The van der Waals surface area contributed by atoms with Crippen LogP contribution in [0.2, 0.25) is 5.02 Å². The highest BCUT2D eigenvalue weighted by molar-refractivity contribution is 9.10. The molecule has 0 spiro atoms. The van der Waals surface area contributed by atoms with Crippen molar-refractivity contribution in [3.63, 3.8) is 0 Å². The Hall–Kier alpha value is -1.07. The van der Waals surface area contributed by atoms with E-state index in [0.717, 1.165) is 0 Å². The van der Waals surface area contributed by atoms with Crippen molar-refractivity contribution in [2.75, 3.05) is 6.61 Å². The zero-order valence-corrected chi connectivity index (χ0v) is 10.7. The second-order valence-corrected chi connectivity index (χ2v) is 4.18. The summed E-state index contributed by atoms with van der Waals surface area (Å²) in [6.07, 6.45) is 1.71. The van der Waals surface area contributed by atoms with Crippen LogP contribution < -0.4 is 0 Å². The molecule has 4 nitrogen and oxygen atoms in total. The first-order valence-electron chi connectivity index (χ1n) is 4.64. The van der Waals surface area contributed by atoms with Gasteiger partial charge in [-0.15, -0.1) is 0 Å². The second kappa shape index (κ2) is 4.43. The molecule has 0 saturated carbocycles. The predicted molar refractivity (Wildman–Crippen MR) is 64.8 cm³/mol. The molecule has 84 valence electrons. The van der Waals surface area contributed by atoms with E-state index in [9.17, 15) is 4.79 Å². The minimum absolute atomic E-state index is 0.260. The number of fused-ring (bicyclic) bond motifs is 1. The Morgan fingerprint density at radius 3 is 3.12 bits per heavy atom. The third kappa shape index (κ3) is 1.81. The van der Waals surface area contributed by atoms with Crippen LogP contribution in [0.3, 0.4) is 0 Å². The number of H-pyrrole nitrogens is 1. The maximum absolute atomic E-state index is 11.7. The fourth-order valence-corrected chi connectivity index (χ4v) is 2.36. The molecule has 0 amide bonds. The van der Waals surface area contributed by atoms with Crippen molar-refractivity contribution < 1.29 is 9.53 Å². The number of hydrogen-bond donors (Lipinski definition) is 1. The van der Waals surface area contributed by atoms with Gasteiger partial charge in [0.15, 0.2) is 0 Å². The first-order valence-corrected chi connectivity index (χ1v) is 5.81. The standard InChI is InChI=1S/C10H8BrClN2O2/c1-2-16-10(15)6-7(12)5-3-4-13-9(5)14-8(6)11/h3-4H,2H2,1H3,(H,13,14). The normalized spacial score (nSPS) is 10.7. The van der Waals surface area contributed by atoms with E-state index in [-0.39, 0.29) is 5.56 Å². The molecule has 0 aliphatic heterocycles. The van der Waals surface area contributed by atoms with Gasteiger partial charge in [-0.05, 0) is 28.9 Å². The van der Waals surface area contributed by atoms with Crippen molar-refractivity contribution in [2.24, 2.45) is 0 Å². The lowest BCUT2D eigenvalue weighted by Gasteiger charge is -2.06. The van der Waals surface area contributed by atoms with Crippen LogP contribution in [-0.4, -0.2) is 22.5 Å². The van der Waals surface area contributed by atoms with E-state index in [2.05, 4.69) is 25.9 Å². The van der Waals surface area contributed by atoms with Crippen LogP contribution >= 0.6 is 27.5 Å². The molecule has 0 radical (unpaired) electrons. The molecule has 2 rings (SSSR count). The third-order valence-electron chi connectivity index (χ3n) is 2.08. The van der Waals surface area contributed by atoms with E-state index in [0.29, 0.717) is 27.3 Å². The van der Waals surface area contributed by atoms with Gasteiger partial charge in [0.25, 0.3) is 0 Å². The molecule has 0 aromatic carbocycles. The summed E-state index contributed by atoms with van der Waals surface area (Å²) in [7, 11) is 0. The van der Waals surface area contributed by atoms with E-state index in [4.69, 9.17) is 16.3 Å². The summed E-state index contributed by atoms with van der Waals surface area (Å²) < 4.78 is 5.29. The molecule has 0 unspecified atom stereocenters. The molecule has 2 aromatic heterocycles. The van der Waals surface area contributed by atoms with Gasteiger partial charge in [-0.1, -0.05) is 11.6 Å². The van der Waals surface area contributed by atoms with Crippen LogP contribution in [-0.2, 0) is 4.74 Å². The van der Waals surface area contributed by atoms with Gasteiger partial charge in [-0.2, -0.15) is 0 Å². The van der Waals surface area contributed by atoms with Crippen molar-refractivity contribution in [2.45, 2.75) is 6.92 Å². The number of esters is 1. The number of carbonyl (C=O) groups excluding carboxylic acids is 1. The van der Waals surface area contributed by atoms with Crippen LogP contribution in [0.15, 0.2) is 16.9 Å². The summed E-state index contributed by atoms with van der Waals surface area (Å²) in [6, 6.07) is 1.76. The van der Waals surface area contributed by atoms with E-state index in [1.165, 1.54) is 0 Å². The fourth-order valence-electron chi connectivity index (χ4n) is 1.39. The van der Waals surface area contributed by atoms with Crippen LogP contribution in [0.5, 0.6) is 0 Å². The molecule has 0 fully saturated rings. The first-order chi connectivity index (χ1) is 7.65. The third-order valence-corrected chi connectivity index (χ3v) is 3.04. The Morgan fingerprint density at radius 1 is 1.69 bits per heavy atom. The Bertz CT molecular complexity index is 553. The summed E-state index contributed by atoms with van der Waals surface area (Å²) in [4.78, 5) is 18.8. The summed E-state index contributed by atoms with van der Waals surface area (Å²) in [5.41, 5.74) is 0.889. The van der Waals surface area contributed by atoms with Gasteiger partial charge >= 0.3 is 5.97 Å².